The number of carboxylic acids is 1. The molecule has 2 N–H and O–H groups in total. The molecule has 0 bridgehead atoms. The molecule has 0 aromatic heterocycles. The summed E-state index contributed by atoms with van der Waals surface area (Å²) in [5.41, 5.74) is 1.06. The fourth-order valence-electron chi connectivity index (χ4n) is 4.14. The molecule has 1 saturated heterocycles. The fourth-order valence-corrected chi connectivity index (χ4v) is 5.64. The summed E-state index contributed by atoms with van der Waals surface area (Å²) in [4.78, 5) is 13.4. The van der Waals surface area contributed by atoms with Crippen LogP contribution in [0.2, 0.25) is 5.02 Å². The first-order valence-corrected chi connectivity index (χ1v) is 12.3. The van der Waals surface area contributed by atoms with Gasteiger partial charge in [0.2, 0.25) is 0 Å². The quantitative estimate of drug-likeness (QED) is 0.620. The van der Waals surface area contributed by atoms with E-state index in [9.17, 15) is 23.6 Å². The van der Waals surface area contributed by atoms with E-state index in [0.29, 0.717) is 24.4 Å². The number of anilines is 2. The number of rotatable bonds is 1. The molecule has 2 aliphatic rings. The molecule has 2 heterocycles. The van der Waals surface area contributed by atoms with Crippen LogP contribution < -0.4 is 9.62 Å². The number of ether oxygens (including phenoxy) is 1. The van der Waals surface area contributed by atoms with Crippen LogP contribution in [0, 0.1) is 11.3 Å². The molecule has 33 heavy (non-hydrogen) atoms. The third-order valence-corrected chi connectivity index (χ3v) is 7.49. The molecule has 0 saturated carbocycles. The highest BCUT2D eigenvalue weighted by Gasteiger charge is 2.28. The number of carbonyl (C=O) groups is 1. The predicted octanol–water partition coefficient (Wildman–Crippen LogP) is 4.11. The van der Waals surface area contributed by atoms with E-state index in [1.54, 1.807) is 18.2 Å². The Kier molecular flexibility index (Phi) is 6.61. The van der Waals surface area contributed by atoms with E-state index in [1.807, 2.05) is 6.07 Å². The number of sulfonamides is 1. The first kappa shape index (κ1) is 23.1. The van der Waals surface area contributed by atoms with Crippen molar-refractivity contribution in [3.63, 3.8) is 0 Å². The maximum atomic E-state index is 13.5. The molecule has 0 unspecified atom stereocenters. The summed E-state index contributed by atoms with van der Waals surface area (Å²) in [6.45, 7) is 1.40. The second-order valence-corrected chi connectivity index (χ2v) is 9.97. The molecule has 8 nitrogen and oxygen atoms in total. The van der Waals surface area contributed by atoms with E-state index < -0.39 is 16.0 Å². The van der Waals surface area contributed by atoms with Crippen LogP contribution in [0.15, 0.2) is 41.3 Å². The van der Waals surface area contributed by atoms with E-state index in [1.165, 1.54) is 18.2 Å². The SMILES string of the molecule is N#Cc1cc2c(cc1Cl)N1CCCC[C@H]1COC/C=C/c1ccc(C(=O)O)cc1S(=O)(=O)N2. The van der Waals surface area contributed by atoms with E-state index in [0.717, 1.165) is 25.3 Å². The molecule has 4 rings (SSSR count). The van der Waals surface area contributed by atoms with Crippen LogP contribution >= 0.6 is 11.6 Å². The number of nitriles is 1. The highest BCUT2D eigenvalue weighted by molar-refractivity contribution is 7.92. The molecular formula is C23H22ClN3O5S. The van der Waals surface area contributed by atoms with Crippen LogP contribution in [0.5, 0.6) is 0 Å². The number of benzene rings is 2. The maximum absolute atomic E-state index is 13.5. The Hall–Kier alpha value is -3.06. The summed E-state index contributed by atoms with van der Waals surface area (Å²) < 4.78 is 35.4. The topological polar surface area (TPSA) is 120 Å². The molecule has 0 radical (unpaired) electrons. The van der Waals surface area contributed by atoms with Crippen LogP contribution in [0.3, 0.4) is 0 Å². The Morgan fingerprint density at radius 1 is 1.27 bits per heavy atom. The lowest BCUT2D eigenvalue weighted by atomic mass is 10.0. The number of carboxylic acid groups (broad SMARTS) is 1. The molecular weight excluding hydrogens is 466 g/mol. The lowest BCUT2D eigenvalue weighted by Gasteiger charge is -2.38. The van der Waals surface area contributed by atoms with Gasteiger partial charge in [-0.1, -0.05) is 29.8 Å². The molecule has 2 aromatic rings. The van der Waals surface area contributed by atoms with Crippen molar-refractivity contribution in [1.29, 1.82) is 5.26 Å². The Labute approximate surface area is 197 Å². The van der Waals surface area contributed by atoms with Crippen molar-refractivity contribution in [2.75, 3.05) is 29.4 Å². The number of hydrogen-bond donors (Lipinski definition) is 2. The second-order valence-electron chi connectivity index (χ2n) is 7.91. The normalized spacial score (nSPS) is 20.8. The van der Waals surface area contributed by atoms with Gasteiger partial charge < -0.3 is 14.7 Å². The highest BCUT2D eigenvalue weighted by atomic mass is 35.5. The molecule has 172 valence electrons. The van der Waals surface area contributed by atoms with Crippen molar-refractivity contribution < 1.29 is 23.1 Å². The van der Waals surface area contributed by atoms with Crippen molar-refractivity contribution in [3.8, 4) is 6.07 Å². The van der Waals surface area contributed by atoms with E-state index in [-0.39, 0.29) is 39.4 Å². The Morgan fingerprint density at radius 2 is 2.09 bits per heavy atom. The lowest BCUT2D eigenvalue weighted by Crippen LogP contribution is -2.43. The van der Waals surface area contributed by atoms with Crippen LogP contribution in [-0.2, 0) is 14.8 Å². The van der Waals surface area contributed by atoms with Gasteiger partial charge in [0, 0.05) is 6.54 Å². The van der Waals surface area contributed by atoms with Gasteiger partial charge in [0.15, 0.2) is 0 Å². The third kappa shape index (κ3) is 4.83. The van der Waals surface area contributed by atoms with Gasteiger partial charge in [0.05, 0.1) is 51.7 Å². The van der Waals surface area contributed by atoms with E-state index in [4.69, 9.17) is 16.3 Å². The highest BCUT2D eigenvalue weighted by Crippen LogP contribution is 2.37. The Bertz CT molecular complexity index is 1270. The Morgan fingerprint density at radius 3 is 2.85 bits per heavy atom. The van der Waals surface area contributed by atoms with Gasteiger partial charge in [0.25, 0.3) is 10.0 Å². The largest absolute Gasteiger partial charge is 0.478 e. The van der Waals surface area contributed by atoms with Crippen molar-refractivity contribution in [2.24, 2.45) is 0 Å². The van der Waals surface area contributed by atoms with Gasteiger partial charge in [-0.2, -0.15) is 5.26 Å². The van der Waals surface area contributed by atoms with Gasteiger partial charge in [-0.3, -0.25) is 4.72 Å². The number of halogens is 1. The molecule has 0 aliphatic carbocycles. The van der Waals surface area contributed by atoms with Crippen molar-refractivity contribution >= 4 is 45.0 Å². The van der Waals surface area contributed by atoms with Gasteiger partial charge >= 0.3 is 5.97 Å². The lowest BCUT2D eigenvalue weighted by molar-refractivity contribution is 0.0696. The first-order valence-electron chi connectivity index (χ1n) is 10.4. The summed E-state index contributed by atoms with van der Waals surface area (Å²) >= 11 is 6.32. The van der Waals surface area contributed by atoms with Gasteiger partial charge in [-0.25, -0.2) is 13.2 Å². The molecule has 1 fully saturated rings. The van der Waals surface area contributed by atoms with Crippen LogP contribution in [-0.4, -0.2) is 45.3 Å². The average Bonchev–Trinajstić information content (AvgIpc) is 2.80. The van der Waals surface area contributed by atoms with Crippen LogP contribution in [0.4, 0.5) is 11.4 Å². The van der Waals surface area contributed by atoms with Crippen molar-refractivity contribution in [1.82, 2.24) is 0 Å². The van der Waals surface area contributed by atoms with Gasteiger partial charge in [-0.05, 0) is 49.1 Å². The molecule has 1 atom stereocenters. The van der Waals surface area contributed by atoms with Gasteiger partial charge in [0.1, 0.15) is 6.07 Å². The summed E-state index contributed by atoms with van der Waals surface area (Å²) in [6.07, 6.45) is 6.12. The zero-order valence-corrected chi connectivity index (χ0v) is 19.2. The van der Waals surface area contributed by atoms with Gasteiger partial charge in [-0.15, -0.1) is 0 Å². The minimum atomic E-state index is -4.21. The number of hydrogen-bond acceptors (Lipinski definition) is 6. The molecule has 2 aromatic carbocycles. The zero-order chi connectivity index (χ0) is 23.6. The van der Waals surface area contributed by atoms with E-state index >= 15 is 0 Å². The molecule has 2 aliphatic heterocycles. The average molecular weight is 488 g/mol. The molecule has 0 spiro atoms. The number of aromatic carboxylic acids is 1. The number of nitrogens with zero attached hydrogens (tertiary/aromatic N) is 2. The summed E-state index contributed by atoms with van der Waals surface area (Å²) in [6, 6.07) is 8.93. The molecule has 0 amide bonds. The fraction of sp³-hybridized carbons (Fsp3) is 0.304. The summed E-state index contributed by atoms with van der Waals surface area (Å²) in [5, 5.41) is 19.1. The summed E-state index contributed by atoms with van der Waals surface area (Å²) in [7, 11) is -4.21. The number of piperidine rings is 1. The predicted molar refractivity (Wildman–Crippen MR) is 125 cm³/mol. The second kappa shape index (κ2) is 9.43. The Balaban J connectivity index is 1.91. The van der Waals surface area contributed by atoms with Crippen molar-refractivity contribution in [2.45, 2.75) is 30.2 Å². The summed E-state index contributed by atoms with van der Waals surface area (Å²) in [5.74, 6) is -1.24. The minimum absolute atomic E-state index is 0.0150. The smallest absolute Gasteiger partial charge is 0.335 e. The monoisotopic (exact) mass is 487 g/mol. The van der Waals surface area contributed by atoms with Crippen LogP contribution in [0.1, 0.15) is 40.7 Å². The number of fused-ring (bicyclic) bond motifs is 4. The standard InChI is InChI=1S/C23H22ClN3O5S/c24-19-12-21-20(10-17(19)13-25)26-33(30,31)22-11-16(23(28)29)7-6-15(22)4-3-9-32-14-18-5-1-2-8-27(18)21/h3-4,6-7,10-12,18,26H,1-2,5,8-9,14H2,(H,28,29)/b4-3+/t18-/m0/s1. The third-order valence-electron chi connectivity index (χ3n) is 5.76. The van der Waals surface area contributed by atoms with Crippen molar-refractivity contribution in [3.05, 3.63) is 58.1 Å². The molecule has 10 heteroatoms. The van der Waals surface area contributed by atoms with Crippen LogP contribution in [0.25, 0.3) is 6.08 Å². The zero-order valence-electron chi connectivity index (χ0n) is 17.6. The number of nitrogens with one attached hydrogen (secondary N) is 1. The van der Waals surface area contributed by atoms with E-state index in [2.05, 4.69) is 9.62 Å². The first-order chi connectivity index (χ1) is 15.8. The minimum Gasteiger partial charge on any atom is -0.478 e. The maximum Gasteiger partial charge on any atom is 0.335 e.